The molecule has 1 aromatic rings. The second kappa shape index (κ2) is 6.15. The normalized spacial score (nSPS) is 16.7. The second-order valence-corrected chi connectivity index (χ2v) is 5.27. The van der Waals surface area contributed by atoms with Gasteiger partial charge in [0, 0.05) is 18.7 Å². The number of likely N-dealkylation sites (tertiary alicyclic amines) is 1. The summed E-state index contributed by atoms with van der Waals surface area (Å²) in [6.45, 7) is 4.05. The van der Waals surface area contributed by atoms with E-state index in [0.29, 0.717) is 18.0 Å². The Kier molecular flexibility index (Phi) is 4.53. The van der Waals surface area contributed by atoms with E-state index in [0.717, 1.165) is 37.9 Å². The van der Waals surface area contributed by atoms with E-state index < -0.39 is 0 Å². The largest absolute Gasteiger partial charge is 0.339 e. The summed E-state index contributed by atoms with van der Waals surface area (Å²) >= 11 is 0. The molecular formula is C15H21FN2O. The maximum Gasteiger partial charge on any atom is 0.254 e. The average Bonchev–Trinajstić information content (AvgIpc) is 2.42. The molecular weight excluding hydrogens is 243 g/mol. The Bertz CT molecular complexity index is 453. The van der Waals surface area contributed by atoms with Crippen molar-refractivity contribution < 1.29 is 9.18 Å². The van der Waals surface area contributed by atoms with Crippen LogP contribution in [0, 0.1) is 18.7 Å². The van der Waals surface area contributed by atoms with Crippen LogP contribution >= 0.6 is 0 Å². The molecule has 1 aliphatic heterocycles. The van der Waals surface area contributed by atoms with Gasteiger partial charge in [0.2, 0.25) is 0 Å². The number of amides is 1. The van der Waals surface area contributed by atoms with Gasteiger partial charge in [0.1, 0.15) is 5.82 Å². The number of carbonyl (C=O) groups excluding carboxylic acids is 1. The average molecular weight is 264 g/mol. The van der Waals surface area contributed by atoms with Crippen molar-refractivity contribution >= 4 is 5.91 Å². The van der Waals surface area contributed by atoms with Gasteiger partial charge in [-0.1, -0.05) is 6.07 Å². The van der Waals surface area contributed by atoms with Crippen molar-refractivity contribution in [3.63, 3.8) is 0 Å². The summed E-state index contributed by atoms with van der Waals surface area (Å²) in [6, 6.07) is 4.38. The van der Waals surface area contributed by atoms with Crippen molar-refractivity contribution in [2.45, 2.75) is 26.2 Å². The third-order valence-corrected chi connectivity index (χ3v) is 3.91. The summed E-state index contributed by atoms with van der Waals surface area (Å²) in [5, 5.41) is 0. The van der Waals surface area contributed by atoms with Crippen LogP contribution in [-0.4, -0.2) is 30.4 Å². The van der Waals surface area contributed by atoms with E-state index >= 15 is 0 Å². The fraction of sp³-hybridized carbons (Fsp3) is 0.533. The molecule has 4 heteroatoms. The zero-order valence-corrected chi connectivity index (χ0v) is 11.4. The first-order valence-electron chi connectivity index (χ1n) is 6.87. The Morgan fingerprint density at radius 1 is 1.42 bits per heavy atom. The third kappa shape index (κ3) is 3.32. The monoisotopic (exact) mass is 264 g/mol. The summed E-state index contributed by atoms with van der Waals surface area (Å²) < 4.78 is 13.3. The van der Waals surface area contributed by atoms with Crippen LogP contribution in [0.2, 0.25) is 0 Å². The predicted molar refractivity (Wildman–Crippen MR) is 73.4 cm³/mol. The van der Waals surface area contributed by atoms with Crippen molar-refractivity contribution in [1.29, 1.82) is 0 Å². The van der Waals surface area contributed by atoms with Gasteiger partial charge in [-0.15, -0.1) is 0 Å². The summed E-state index contributed by atoms with van der Waals surface area (Å²) in [7, 11) is 0. The number of aryl methyl sites for hydroxylation is 1. The van der Waals surface area contributed by atoms with E-state index in [4.69, 9.17) is 5.73 Å². The van der Waals surface area contributed by atoms with Gasteiger partial charge in [0.05, 0.1) is 0 Å². The van der Waals surface area contributed by atoms with Crippen LogP contribution in [0.3, 0.4) is 0 Å². The molecule has 1 amide bonds. The molecule has 1 fully saturated rings. The number of rotatable bonds is 3. The molecule has 2 rings (SSSR count). The SMILES string of the molecule is Cc1ccc(F)cc1C(=O)N1CCC(CCN)CC1. The molecule has 0 radical (unpaired) electrons. The molecule has 0 aromatic heterocycles. The van der Waals surface area contributed by atoms with E-state index in [2.05, 4.69) is 0 Å². The molecule has 19 heavy (non-hydrogen) atoms. The summed E-state index contributed by atoms with van der Waals surface area (Å²) in [4.78, 5) is 14.2. The van der Waals surface area contributed by atoms with Crippen molar-refractivity contribution in [3.05, 3.63) is 35.1 Å². The van der Waals surface area contributed by atoms with E-state index in [9.17, 15) is 9.18 Å². The molecule has 0 saturated carbocycles. The number of carbonyl (C=O) groups is 1. The molecule has 0 atom stereocenters. The van der Waals surface area contributed by atoms with Crippen molar-refractivity contribution in [1.82, 2.24) is 4.90 Å². The van der Waals surface area contributed by atoms with Crippen LogP contribution in [0.25, 0.3) is 0 Å². The van der Waals surface area contributed by atoms with E-state index in [1.54, 1.807) is 6.07 Å². The van der Waals surface area contributed by atoms with Gasteiger partial charge < -0.3 is 10.6 Å². The van der Waals surface area contributed by atoms with E-state index in [1.165, 1.54) is 12.1 Å². The van der Waals surface area contributed by atoms with E-state index in [1.807, 2.05) is 11.8 Å². The molecule has 1 aliphatic rings. The predicted octanol–water partition coefficient (Wildman–Crippen LogP) is 2.34. The van der Waals surface area contributed by atoms with Crippen LogP contribution in [0.1, 0.15) is 35.2 Å². The van der Waals surface area contributed by atoms with Crippen LogP contribution in [0.5, 0.6) is 0 Å². The number of hydrogen-bond donors (Lipinski definition) is 1. The van der Waals surface area contributed by atoms with Crippen LogP contribution in [0.4, 0.5) is 4.39 Å². The minimum Gasteiger partial charge on any atom is -0.339 e. The van der Waals surface area contributed by atoms with Gasteiger partial charge in [-0.25, -0.2) is 4.39 Å². The topological polar surface area (TPSA) is 46.3 Å². The molecule has 0 bridgehead atoms. The minimum absolute atomic E-state index is 0.0526. The molecule has 3 nitrogen and oxygen atoms in total. The number of piperidine rings is 1. The number of nitrogens with zero attached hydrogens (tertiary/aromatic N) is 1. The quantitative estimate of drug-likeness (QED) is 0.910. The standard InChI is InChI=1S/C15H21FN2O/c1-11-2-3-13(16)10-14(11)15(19)18-8-5-12(4-7-17)6-9-18/h2-3,10,12H,4-9,17H2,1H3. The van der Waals surface area contributed by atoms with Crippen LogP contribution in [-0.2, 0) is 0 Å². The summed E-state index contributed by atoms with van der Waals surface area (Å²) in [5.41, 5.74) is 6.87. The van der Waals surface area contributed by atoms with Crippen molar-refractivity contribution in [2.75, 3.05) is 19.6 Å². The summed E-state index contributed by atoms with van der Waals surface area (Å²) in [6.07, 6.45) is 3.02. The molecule has 0 spiro atoms. The van der Waals surface area contributed by atoms with Crippen molar-refractivity contribution in [2.24, 2.45) is 11.7 Å². The Labute approximate surface area is 113 Å². The Morgan fingerprint density at radius 2 is 2.11 bits per heavy atom. The second-order valence-electron chi connectivity index (χ2n) is 5.27. The highest BCUT2D eigenvalue weighted by molar-refractivity contribution is 5.95. The Balaban J connectivity index is 2.03. The molecule has 1 aromatic carbocycles. The lowest BCUT2D eigenvalue weighted by atomic mass is 9.93. The number of hydrogen-bond acceptors (Lipinski definition) is 2. The lowest BCUT2D eigenvalue weighted by Gasteiger charge is -2.32. The fourth-order valence-corrected chi connectivity index (χ4v) is 2.66. The van der Waals surface area contributed by atoms with Gasteiger partial charge in [-0.3, -0.25) is 4.79 Å². The highest BCUT2D eigenvalue weighted by atomic mass is 19.1. The minimum atomic E-state index is -0.355. The first-order chi connectivity index (χ1) is 9.11. The molecule has 1 saturated heterocycles. The summed E-state index contributed by atoms with van der Waals surface area (Å²) in [5.74, 6) is 0.220. The van der Waals surface area contributed by atoms with Gasteiger partial charge >= 0.3 is 0 Å². The smallest absolute Gasteiger partial charge is 0.254 e. The van der Waals surface area contributed by atoms with Gasteiger partial charge in [-0.2, -0.15) is 0 Å². The maximum atomic E-state index is 13.3. The molecule has 0 unspecified atom stereocenters. The van der Waals surface area contributed by atoms with Gasteiger partial charge in [0.15, 0.2) is 0 Å². The van der Waals surface area contributed by atoms with E-state index in [-0.39, 0.29) is 11.7 Å². The fourth-order valence-electron chi connectivity index (χ4n) is 2.66. The molecule has 104 valence electrons. The van der Waals surface area contributed by atoms with Crippen LogP contribution < -0.4 is 5.73 Å². The molecule has 2 N–H and O–H groups in total. The number of nitrogens with two attached hydrogens (primary N) is 1. The maximum absolute atomic E-state index is 13.3. The van der Waals surface area contributed by atoms with Crippen molar-refractivity contribution in [3.8, 4) is 0 Å². The lowest BCUT2D eigenvalue weighted by molar-refractivity contribution is 0.0686. The van der Waals surface area contributed by atoms with Gasteiger partial charge in [0.25, 0.3) is 5.91 Å². The number of benzene rings is 1. The first kappa shape index (κ1) is 14.0. The molecule has 0 aliphatic carbocycles. The lowest BCUT2D eigenvalue weighted by Crippen LogP contribution is -2.39. The Morgan fingerprint density at radius 3 is 2.74 bits per heavy atom. The van der Waals surface area contributed by atoms with Gasteiger partial charge in [-0.05, 0) is 56.3 Å². The molecule has 1 heterocycles. The zero-order valence-electron chi connectivity index (χ0n) is 11.4. The zero-order chi connectivity index (χ0) is 13.8. The third-order valence-electron chi connectivity index (χ3n) is 3.91. The Hall–Kier alpha value is -1.42. The number of halogens is 1. The highest BCUT2D eigenvalue weighted by Crippen LogP contribution is 2.22. The highest BCUT2D eigenvalue weighted by Gasteiger charge is 2.24. The van der Waals surface area contributed by atoms with Crippen LogP contribution in [0.15, 0.2) is 18.2 Å². The first-order valence-corrected chi connectivity index (χ1v) is 6.87.